The van der Waals surface area contributed by atoms with Crippen LogP contribution in [0.3, 0.4) is 0 Å². The molecule has 0 N–H and O–H groups in total. The number of esters is 1. The fourth-order valence-electron chi connectivity index (χ4n) is 0.933. The summed E-state index contributed by atoms with van der Waals surface area (Å²) in [4.78, 5) is 10.7. The molecule has 0 bridgehead atoms. The van der Waals surface area contributed by atoms with Gasteiger partial charge in [-0.25, -0.2) is 4.79 Å². The second-order valence-corrected chi connectivity index (χ2v) is 7.75. The van der Waals surface area contributed by atoms with Crippen molar-refractivity contribution in [1.82, 2.24) is 0 Å². The van der Waals surface area contributed by atoms with E-state index in [4.69, 9.17) is 4.74 Å². The quantitative estimate of drug-likeness (QED) is 0.350. The minimum atomic E-state index is -0.582. The van der Waals surface area contributed by atoms with E-state index in [-0.39, 0.29) is 10.0 Å². The summed E-state index contributed by atoms with van der Waals surface area (Å²) in [6, 6.07) is 0. The Bertz CT molecular complexity index is 239. The van der Waals surface area contributed by atoms with Crippen molar-refractivity contribution in [1.29, 1.82) is 0 Å². The van der Waals surface area contributed by atoms with Crippen LogP contribution in [0.4, 0.5) is 0 Å². The highest BCUT2D eigenvalue weighted by atomic mass is 32.2. The Hall–Kier alpha value is -0.0900. The fraction of sp³-hybridized carbons (Fsp3) is 0.700. The lowest BCUT2D eigenvalue weighted by atomic mass is 10.3. The first-order valence-electron chi connectivity index (χ1n) is 4.35. The highest BCUT2D eigenvalue weighted by molar-refractivity contribution is 8.12. The number of ether oxygens (including phenoxy) is 1. The van der Waals surface area contributed by atoms with E-state index in [2.05, 4.69) is 19.2 Å². The molecule has 0 aliphatic carbocycles. The van der Waals surface area contributed by atoms with Gasteiger partial charge in [0.1, 0.15) is 0 Å². The molecule has 0 aliphatic rings. The summed E-state index contributed by atoms with van der Waals surface area (Å²) >= 11 is 5.86. The Morgan fingerprint density at radius 3 is 2.07 bits per heavy atom. The number of hydrogen-bond acceptors (Lipinski definition) is 4. The number of thioether (sulfide) groups is 1. The Labute approximate surface area is 95.9 Å². The van der Waals surface area contributed by atoms with Gasteiger partial charge in [0.05, 0.1) is 4.08 Å². The zero-order valence-corrected chi connectivity index (χ0v) is 11.1. The Morgan fingerprint density at radius 2 is 1.79 bits per heavy atom. The monoisotopic (exact) mass is 234 g/mol. The van der Waals surface area contributed by atoms with Crippen LogP contribution < -0.4 is 0 Å². The van der Waals surface area contributed by atoms with Crippen molar-refractivity contribution >= 4 is 30.4 Å². The summed E-state index contributed by atoms with van der Waals surface area (Å²) < 4.78 is 5.01. The Kier molecular flexibility index (Phi) is 4.59. The van der Waals surface area contributed by atoms with E-state index in [1.54, 1.807) is 6.92 Å². The zero-order chi connectivity index (χ0) is 11.6. The molecule has 0 aromatic carbocycles. The minimum absolute atomic E-state index is 0.237. The number of rotatable bonds is 4. The van der Waals surface area contributed by atoms with Gasteiger partial charge in [-0.1, -0.05) is 18.3 Å². The van der Waals surface area contributed by atoms with E-state index < -0.39 is 4.93 Å². The summed E-state index contributed by atoms with van der Waals surface area (Å²) in [6.45, 7) is 12.8. The first kappa shape index (κ1) is 13.9. The molecular formula is C10H18O2S2. The average Bonchev–Trinajstić information content (AvgIpc) is 1.78. The fourth-order valence-corrected chi connectivity index (χ4v) is 2.91. The van der Waals surface area contributed by atoms with Crippen molar-refractivity contribution < 1.29 is 9.53 Å². The molecule has 14 heavy (non-hydrogen) atoms. The molecule has 82 valence electrons. The molecule has 0 aliphatic heterocycles. The highest BCUT2D eigenvalue weighted by Gasteiger charge is 2.30. The molecule has 0 unspecified atom stereocenters. The number of carbonyl (C=O) groups is 1. The average molecular weight is 234 g/mol. The van der Waals surface area contributed by atoms with Crippen molar-refractivity contribution in [3.8, 4) is 0 Å². The second kappa shape index (κ2) is 4.62. The van der Waals surface area contributed by atoms with Crippen molar-refractivity contribution in [3.63, 3.8) is 0 Å². The molecule has 0 atom stereocenters. The number of thiol groups is 1. The lowest BCUT2D eigenvalue weighted by Crippen LogP contribution is -2.28. The van der Waals surface area contributed by atoms with Gasteiger partial charge in [0.15, 0.2) is 4.93 Å². The van der Waals surface area contributed by atoms with E-state index in [0.717, 1.165) is 0 Å². The summed E-state index contributed by atoms with van der Waals surface area (Å²) in [7, 11) is 0. The molecule has 0 saturated heterocycles. The third kappa shape index (κ3) is 6.38. The van der Waals surface area contributed by atoms with Gasteiger partial charge in [-0.05, 0) is 34.6 Å². The third-order valence-electron chi connectivity index (χ3n) is 1.18. The van der Waals surface area contributed by atoms with Gasteiger partial charge in [-0.2, -0.15) is 12.6 Å². The maximum Gasteiger partial charge on any atom is 0.334 e. The number of carbonyl (C=O) groups excluding carboxylic acids is 1. The van der Waals surface area contributed by atoms with E-state index >= 15 is 0 Å². The van der Waals surface area contributed by atoms with E-state index in [1.807, 2.05) is 27.7 Å². The molecule has 2 nitrogen and oxygen atoms in total. The molecule has 0 radical (unpaired) electrons. The van der Waals surface area contributed by atoms with Crippen molar-refractivity contribution in [3.05, 3.63) is 12.2 Å². The molecule has 0 aromatic heterocycles. The lowest BCUT2D eigenvalue weighted by molar-refractivity contribution is -0.144. The van der Waals surface area contributed by atoms with Crippen LogP contribution in [0.5, 0.6) is 0 Å². The molecular weight excluding hydrogens is 216 g/mol. The number of hydrogen-bond donors (Lipinski definition) is 1. The summed E-state index contributed by atoms with van der Waals surface area (Å²) in [5.41, 5.74) is 0.413. The van der Waals surface area contributed by atoms with Crippen molar-refractivity contribution in [2.45, 2.75) is 43.6 Å². The molecule has 4 heteroatoms. The molecule has 0 aromatic rings. The van der Waals surface area contributed by atoms with Crippen LogP contribution in [0.1, 0.15) is 34.6 Å². The minimum Gasteiger partial charge on any atom is -0.445 e. The summed E-state index contributed by atoms with van der Waals surface area (Å²) in [5, 5.41) is 0. The third-order valence-corrected chi connectivity index (χ3v) is 2.53. The normalized spacial score (nSPS) is 12.4. The molecule has 0 rings (SSSR count). The maximum absolute atomic E-state index is 11.3. The van der Waals surface area contributed by atoms with Crippen LogP contribution in [0.15, 0.2) is 12.2 Å². The first-order chi connectivity index (χ1) is 6.03. The van der Waals surface area contributed by atoms with Crippen LogP contribution in [0.2, 0.25) is 0 Å². The van der Waals surface area contributed by atoms with E-state index in [9.17, 15) is 4.79 Å². The summed E-state index contributed by atoms with van der Waals surface area (Å²) in [6.07, 6.45) is 0. The predicted octanol–water partition coefficient (Wildman–Crippen LogP) is 3.24. The Balaban J connectivity index is 4.35. The molecule has 0 amide bonds. The van der Waals surface area contributed by atoms with Gasteiger partial charge in [0.25, 0.3) is 0 Å². The van der Waals surface area contributed by atoms with Crippen LogP contribution in [0.25, 0.3) is 0 Å². The second-order valence-electron chi connectivity index (χ2n) is 4.12. The predicted molar refractivity (Wildman–Crippen MR) is 65.6 cm³/mol. The van der Waals surface area contributed by atoms with Crippen LogP contribution >= 0.6 is 24.4 Å². The van der Waals surface area contributed by atoms with E-state index in [1.165, 1.54) is 11.8 Å². The van der Waals surface area contributed by atoms with Gasteiger partial charge in [-0.15, -0.1) is 0 Å². The van der Waals surface area contributed by atoms with E-state index in [0.29, 0.717) is 5.57 Å². The zero-order valence-electron chi connectivity index (χ0n) is 9.38. The lowest BCUT2D eigenvalue weighted by Gasteiger charge is -2.30. The van der Waals surface area contributed by atoms with Crippen molar-refractivity contribution in [2.24, 2.45) is 0 Å². The SMILES string of the molecule is C=C(C)C(=O)OC(C)(C)SC(C)(C)S. The van der Waals surface area contributed by atoms with Crippen LogP contribution in [-0.4, -0.2) is 15.0 Å². The van der Waals surface area contributed by atoms with Crippen LogP contribution in [-0.2, 0) is 9.53 Å². The first-order valence-corrected chi connectivity index (χ1v) is 5.61. The largest absolute Gasteiger partial charge is 0.445 e. The highest BCUT2D eigenvalue weighted by Crippen LogP contribution is 2.39. The van der Waals surface area contributed by atoms with Gasteiger partial charge >= 0.3 is 5.97 Å². The van der Waals surface area contributed by atoms with Gasteiger partial charge in [0, 0.05) is 5.57 Å². The van der Waals surface area contributed by atoms with Crippen molar-refractivity contribution in [2.75, 3.05) is 0 Å². The van der Waals surface area contributed by atoms with Gasteiger partial charge in [0.2, 0.25) is 0 Å². The molecule has 0 fully saturated rings. The van der Waals surface area contributed by atoms with Gasteiger partial charge < -0.3 is 4.74 Å². The Morgan fingerprint density at radius 1 is 1.36 bits per heavy atom. The molecule has 0 spiro atoms. The van der Waals surface area contributed by atoms with Crippen LogP contribution in [0, 0.1) is 0 Å². The smallest absolute Gasteiger partial charge is 0.334 e. The maximum atomic E-state index is 11.3. The molecule has 0 saturated carbocycles. The topological polar surface area (TPSA) is 26.3 Å². The summed E-state index contributed by atoms with van der Waals surface area (Å²) in [5.74, 6) is -0.361. The standard InChI is InChI=1S/C10H18O2S2/c1-7(2)8(11)12-9(3,4)14-10(5,6)13/h13H,1H2,2-6H3. The van der Waals surface area contributed by atoms with Gasteiger partial charge in [-0.3, -0.25) is 0 Å². The molecule has 0 heterocycles.